The quantitative estimate of drug-likeness (QED) is 0.859. The van der Waals surface area contributed by atoms with Crippen LogP contribution in [0.2, 0.25) is 0 Å². The van der Waals surface area contributed by atoms with Crippen molar-refractivity contribution in [3.63, 3.8) is 0 Å². The zero-order valence-corrected chi connectivity index (χ0v) is 16.6. The fourth-order valence-corrected chi connectivity index (χ4v) is 3.98. The SMILES string of the molecule is COc1cccc(C(=O)N2CCC(C(=O)NC3CCN(C(C)C)CC3)C2)c1. The highest BCUT2D eigenvalue weighted by molar-refractivity contribution is 5.95. The molecule has 2 aliphatic heterocycles. The molecule has 148 valence electrons. The minimum absolute atomic E-state index is 0.0329. The Balaban J connectivity index is 1.50. The van der Waals surface area contributed by atoms with Gasteiger partial charge in [-0.25, -0.2) is 0 Å². The minimum Gasteiger partial charge on any atom is -0.497 e. The number of carbonyl (C=O) groups excluding carboxylic acids is 2. The second-order valence-corrected chi connectivity index (χ2v) is 7.88. The van der Waals surface area contributed by atoms with Gasteiger partial charge in [0.25, 0.3) is 5.91 Å². The van der Waals surface area contributed by atoms with E-state index in [0.717, 1.165) is 32.4 Å². The molecule has 3 rings (SSSR count). The molecule has 0 bridgehead atoms. The molecule has 0 spiro atoms. The smallest absolute Gasteiger partial charge is 0.254 e. The summed E-state index contributed by atoms with van der Waals surface area (Å²) < 4.78 is 5.20. The van der Waals surface area contributed by atoms with E-state index in [1.165, 1.54) is 0 Å². The average molecular weight is 373 g/mol. The minimum atomic E-state index is -0.109. The first-order valence-electron chi connectivity index (χ1n) is 9.95. The van der Waals surface area contributed by atoms with Crippen molar-refractivity contribution in [3.8, 4) is 5.75 Å². The monoisotopic (exact) mass is 373 g/mol. The lowest BCUT2D eigenvalue weighted by molar-refractivity contribution is -0.125. The summed E-state index contributed by atoms with van der Waals surface area (Å²) in [5.74, 6) is 0.623. The zero-order valence-electron chi connectivity index (χ0n) is 16.6. The summed E-state index contributed by atoms with van der Waals surface area (Å²) in [5, 5.41) is 3.21. The molecule has 1 unspecified atom stereocenters. The summed E-state index contributed by atoms with van der Waals surface area (Å²) in [7, 11) is 1.59. The molecule has 2 amide bonds. The summed E-state index contributed by atoms with van der Waals surface area (Å²) in [4.78, 5) is 29.6. The van der Waals surface area contributed by atoms with E-state index in [-0.39, 0.29) is 23.8 Å². The lowest BCUT2D eigenvalue weighted by atomic mass is 10.0. The maximum absolute atomic E-state index is 12.7. The number of piperidine rings is 1. The highest BCUT2D eigenvalue weighted by Crippen LogP contribution is 2.22. The molecule has 2 aliphatic rings. The van der Waals surface area contributed by atoms with Crippen molar-refractivity contribution >= 4 is 11.8 Å². The number of methoxy groups -OCH3 is 1. The van der Waals surface area contributed by atoms with E-state index in [4.69, 9.17) is 4.74 Å². The number of ether oxygens (including phenoxy) is 1. The summed E-state index contributed by atoms with van der Waals surface area (Å²) in [5.41, 5.74) is 0.608. The Kier molecular flexibility index (Phi) is 6.37. The van der Waals surface area contributed by atoms with Gasteiger partial charge >= 0.3 is 0 Å². The van der Waals surface area contributed by atoms with Crippen molar-refractivity contribution in [2.45, 2.75) is 45.2 Å². The standard InChI is InChI=1S/C21H31N3O3/c1-15(2)23-11-8-18(9-12-23)22-20(25)17-7-10-24(14-17)21(26)16-5-4-6-19(13-16)27-3/h4-6,13,15,17-18H,7-12,14H2,1-3H3,(H,22,25). The van der Waals surface area contributed by atoms with Crippen LogP contribution < -0.4 is 10.1 Å². The molecule has 0 radical (unpaired) electrons. The number of nitrogens with zero attached hydrogens (tertiary/aromatic N) is 2. The van der Waals surface area contributed by atoms with E-state index >= 15 is 0 Å². The van der Waals surface area contributed by atoms with Crippen molar-refractivity contribution in [2.24, 2.45) is 5.92 Å². The summed E-state index contributed by atoms with van der Waals surface area (Å²) in [6, 6.07) is 8.00. The lowest BCUT2D eigenvalue weighted by Crippen LogP contribution is -2.48. The van der Waals surface area contributed by atoms with E-state index in [1.54, 1.807) is 24.1 Å². The lowest BCUT2D eigenvalue weighted by Gasteiger charge is -2.35. The van der Waals surface area contributed by atoms with Gasteiger partial charge in [0, 0.05) is 43.8 Å². The second-order valence-electron chi connectivity index (χ2n) is 7.88. The molecule has 6 heteroatoms. The van der Waals surface area contributed by atoms with Gasteiger partial charge in [0.05, 0.1) is 13.0 Å². The molecule has 1 aromatic rings. The van der Waals surface area contributed by atoms with Crippen molar-refractivity contribution in [1.82, 2.24) is 15.1 Å². The van der Waals surface area contributed by atoms with Gasteiger partial charge in [-0.2, -0.15) is 0 Å². The fraction of sp³-hybridized carbons (Fsp3) is 0.619. The predicted molar refractivity (Wildman–Crippen MR) is 105 cm³/mol. The molecule has 6 nitrogen and oxygen atoms in total. The van der Waals surface area contributed by atoms with Gasteiger partial charge in [-0.15, -0.1) is 0 Å². The van der Waals surface area contributed by atoms with Gasteiger partial charge in [-0.05, 0) is 51.3 Å². The zero-order chi connectivity index (χ0) is 19.4. The predicted octanol–water partition coefficient (Wildman–Crippen LogP) is 2.15. The van der Waals surface area contributed by atoms with Crippen LogP contribution in [0, 0.1) is 5.92 Å². The van der Waals surface area contributed by atoms with Gasteiger partial charge < -0.3 is 19.9 Å². The van der Waals surface area contributed by atoms with Crippen LogP contribution in [0.4, 0.5) is 0 Å². The van der Waals surface area contributed by atoms with E-state index in [0.29, 0.717) is 30.4 Å². The molecule has 1 aromatic carbocycles. The number of hydrogen-bond donors (Lipinski definition) is 1. The van der Waals surface area contributed by atoms with Gasteiger partial charge in [-0.1, -0.05) is 6.07 Å². The highest BCUT2D eigenvalue weighted by Gasteiger charge is 2.33. The number of benzene rings is 1. The molecular formula is C21H31N3O3. The topological polar surface area (TPSA) is 61.9 Å². The van der Waals surface area contributed by atoms with Crippen molar-refractivity contribution in [3.05, 3.63) is 29.8 Å². The molecule has 0 aromatic heterocycles. The molecular weight excluding hydrogens is 342 g/mol. The summed E-state index contributed by atoms with van der Waals surface area (Å²) in [6.45, 7) is 7.62. The molecule has 2 saturated heterocycles. The Morgan fingerprint density at radius 1 is 1.15 bits per heavy atom. The first-order chi connectivity index (χ1) is 13.0. The van der Waals surface area contributed by atoms with Gasteiger partial charge in [0.1, 0.15) is 5.75 Å². The van der Waals surface area contributed by atoms with Crippen LogP contribution in [-0.2, 0) is 4.79 Å². The van der Waals surface area contributed by atoms with Crippen LogP contribution in [-0.4, -0.2) is 67.0 Å². The van der Waals surface area contributed by atoms with Crippen LogP contribution in [0.3, 0.4) is 0 Å². The van der Waals surface area contributed by atoms with E-state index in [1.807, 2.05) is 12.1 Å². The summed E-state index contributed by atoms with van der Waals surface area (Å²) >= 11 is 0. The highest BCUT2D eigenvalue weighted by atomic mass is 16.5. The van der Waals surface area contributed by atoms with Crippen LogP contribution in [0.1, 0.15) is 43.5 Å². The van der Waals surface area contributed by atoms with E-state index in [9.17, 15) is 9.59 Å². The molecule has 1 atom stereocenters. The van der Waals surface area contributed by atoms with E-state index in [2.05, 4.69) is 24.1 Å². The first-order valence-corrected chi connectivity index (χ1v) is 9.95. The average Bonchev–Trinajstić information content (AvgIpc) is 3.18. The maximum Gasteiger partial charge on any atom is 0.254 e. The Morgan fingerprint density at radius 3 is 2.56 bits per heavy atom. The number of hydrogen-bond acceptors (Lipinski definition) is 4. The largest absolute Gasteiger partial charge is 0.497 e. The number of amides is 2. The van der Waals surface area contributed by atoms with Gasteiger partial charge in [0.2, 0.25) is 5.91 Å². The molecule has 2 heterocycles. The third kappa shape index (κ3) is 4.80. The van der Waals surface area contributed by atoms with Crippen LogP contribution in [0.5, 0.6) is 5.75 Å². The third-order valence-electron chi connectivity index (χ3n) is 5.77. The Bertz CT molecular complexity index is 668. The number of rotatable bonds is 5. The molecule has 1 N–H and O–H groups in total. The Morgan fingerprint density at radius 2 is 1.89 bits per heavy atom. The fourth-order valence-electron chi connectivity index (χ4n) is 3.98. The summed E-state index contributed by atoms with van der Waals surface area (Å²) in [6.07, 6.45) is 2.73. The maximum atomic E-state index is 12.7. The van der Waals surface area contributed by atoms with E-state index < -0.39 is 0 Å². The molecule has 0 saturated carbocycles. The Hall–Kier alpha value is -2.08. The van der Waals surface area contributed by atoms with Crippen LogP contribution in [0.15, 0.2) is 24.3 Å². The first kappa shape index (κ1) is 19.7. The number of carbonyl (C=O) groups is 2. The molecule has 2 fully saturated rings. The van der Waals surface area contributed by atoms with Gasteiger partial charge in [0.15, 0.2) is 0 Å². The molecule has 27 heavy (non-hydrogen) atoms. The van der Waals surface area contributed by atoms with Crippen molar-refractivity contribution in [2.75, 3.05) is 33.3 Å². The molecule has 0 aliphatic carbocycles. The Labute approximate surface area is 161 Å². The normalized spacial score (nSPS) is 21.5. The second kappa shape index (κ2) is 8.74. The van der Waals surface area contributed by atoms with Crippen LogP contribution >= 0.6 is 0 Å². The third-order valence-corrected chi connectivity index (χ3v) is 5.77. The van der Waals surface area contributed by atoms with Crippen molar-refractivity contribution in [1.29, 1.82) is 0 Å². The number of likely N-dealkylation sites (tertiary alicyclic amines) is 2. The number of nitrogens with one attached hydrogen (secondary N) is 1. The van der Waals surface area contributed by atoms with Gasteiger partial charge in [-0.3, -0.25) is 9.59 Å². The van der Waals surface area contributed by atoms with Crippen LogP contribution in [0.25, 0.3) is 0 Å². The van der Waals surface area contributed by atoms with Crippen molar-refractivity contribution < 1.29 is 14.3 Å².